The molecule has 0 saturated heterocycles. The van der Waals surface area contributed by atoms with Crippen LogP contribution in [0.4, 0.5) is 0 Å². The average molecular weight is 417 g/mol. The molecule has 2 aromatic rings. The molecule has 0 bridgehead atoms. The molecule has 1 aromatic heterocycles. The molecule has 0 atom stereocenters. The van der Waals surface area contributed by atoms with Gasteiger partial charge in [-0.3, -0.25) is 9.36 Å². The first kappa shape index (κ1) is 19.8. The number of nitrogens with zero attached hydrogens (tertiary/aromatic N) is 2. The fourth-order valence-corrected chi connectivity index (χ4v) is 4.51. The zero-order chi connectivity index (χ0) is 20.2. The first-order valence-corrected chi connectivity index (χ1v) is 10.7. The van der Waals surface area contributed by atoms with E-state index in [0.717, 1.165) is 36.1 Å². The minimum atomic E-state index is -0.303. The van der Waals surface area contributed by atoms with Crippen molar-refractivity contribution < 1.29 is 19.4 Å². The normalized spacial score (nSPS) is 14.1. The van der Waals surface area contributed by atoms with Crippen LogP contribution in [0.2, 0.25) is 0 Å². The molecule has 1 aliphatic carbocycles. The number of hydrogen-bond donors (Lipinski definition) is 2. The van der Waals surface area contributed by atoms with Crippen LogP contribution in [0.5, 0.6) is 11.5 Å². The van der Waals surface area contributed by atoms with Gasteiger partial charge < -0.3 is 19.9 Å². The molecule has 2 heterocycles. The Morgan fingerprint density at radius 2 is 2.14 bits per heavy atom. The Bertz CT molecular complexity index is 975. The fraction of sp³-hybridized carbons (Fsp3) is 0.450. The monoisotopic (exact) mass is 417 g/mol. The predicted molar refractivity (Wildman–Crippen MR) is 107 cm³/mol. The Labute approximate surface area is 172 Å². The van der Waals surface area contributed by atoms with Crippen LogP contribution in [0.3, 0.4) is 0 Å². The van der Waals surface area contributed by atoms with E-state index >= 15 is 0 Å². The molecule has 154 valence electrons. The summed E-state index contributed by atoms with van der Waals surface area (Å²) in [4.78, 5) is 28.9. The van der Waals surface area contributed by atoms with Crippen molar-refractivity contribution in [1.29, 1.82) is 0 Å². The molecule has 4 rings (SSSR count). The molecule has 9 heteroatoms. The molecule has 8 nitrogen and oxygen atoms in total. The van der Waals surface area contributed by atoms with E-state index in [4.69, 9.17) is 14.6 Å². The lowest BCUT2D eigenvalue weighted by Gasteiger charge is -2.13. The smallest absolute Gasteiger partial charge is 0.348 e. The molecular formula is C20H23N3O5S. The molecule has 0 saturated carbocycles. The Kier molecular flexibility index (Phi) is 6.05. The summed E-state index contributed by atoms with van der Waals surface area (Å²) in [6.45, 7) is 1.13. The second-order valence-corrected chi connectivity index (χ2v) is 7.92. The Hall–Kier alpha value is -2.52. The maximum atomic E-state index is 12.4. The third-order valence-electron chi connectivity index (χ3n) is 5.01. The highest BCUT2D eigenvalue weighted by Crippen LogP contribution is 2.32. The summed E-state index contributed by atoms with van der Waals surface area (Å²) in [6.07, 6.45) is 3.21. The molecule has 1 aliphatic heterocycles. The Balaban J connectivity index is 1.36. The second kappa shape index (κ2) is 8.87. The van der Waals surface area contributed by atoms with Crippen LogP contribution in [-0.4, -0.2) is 39.7 Å². The zero-order valence-electron chi connectivity index (χ0n) is 16.0. The molecule has 2 aliphatic rings. The minimum absolute atomic E-state index is 0.0429. The summed E-state index contributed by atoms with van der Waals surface area (Å²) < 4.78 is 12.3. The van der Waals surface area contributed by atoms with E-state index in [1.165, 1.54) is 11.8 Å². The molecule has 0 fully saturated rings. The van der Waals surface area contributed by atoms with Crippen molar-refractivity contribution in [3.05, 3.63) is 45.5 Å². The third-order valence-corrected chi connectivity index (χ3v) is 6.02. The highest BCUT2D eigenvalue weighted by molar-refractivity contribution is 7.99. The van der Waals surface area contributed by atoms with Gasteiger partial charge in [0.1, 0.15) is 5.03 Å². The summed E-state index contributed by atoms with van der Waals surface area (Å²) in [6, 6.07) is 5.58. The van der Waals surface area contributed by atoms with E-state index in [2.05, 4.69) is 10.3 Å². The number of carbonyl (C=O) groups excluding carboxylic acids is 1. The number of rotatable bonds is 8. The number of fused-ring (bicyclic) bond motifs is 2. The van der Waals surface area contributed by atoms with Crippen LogP contribution in [0, 0.1) is 0 Å². The van der Waals surface area contributed by atoms with Gasteiger partial charge in [0, 0.05) is 31.0 Å². The van der Waals surface area contributed by atoms with Crippen LogP contribution >= 0.6 is 11.8 Å². The van der Waals surface area contributed by atoms with Crippen molar-refractivity contribution in [2.75, 3.05) is 19.2 Å². The van der Waals surface area contributed by atoms with Gasteiger partial charge in [0.15, 0.2) is 11.5 Å². The number of ether oxygens (including phenoxy) is 2. The molecular weight excluding hydrogens is 394 g/mol. The van der Waals surface area contributed by atoms with Crippen molar-refractivity contribution in [2.45, 2.75) is 43.8 Å². The average Bonchev–Trinajstić information content (AvgIpc) is 3.39. The van der Waals surface area contributed by atoms with Gasteiger partial charge in [0.25, 0.3) is 0 Å². The van der Waals surface area contributed by atoms with E-state index in [1.54, 1.807) is 4.57 Å². The zero-order valence-corrected chi connectivity index (χ0v) is 16.8. The van der Waals surface area contributed by atoms with E-state index in [-0.39, 0.29) is 30.7 Å². The summed E-state index contributed by atoms with van der Waals surface area (Å²) in [5, 5.41) is 12.6. The van der Waals surface area contributed by atoms with E-state index in [9.17, 15) is 9.59 Å². The minimum Gasteiger partial charge on any atom is -0.454 e. The van der Waals surface area contributed by atoms with Crippen LogP contribution in [0.1, 0.15) is 29.7 Å². The number of thioether (sulfide) groups is 1. The number of hydrogen-bond acceptors (Lipinski definition) is 7. The first-order chi connectivity index (χ1) is 14.2. The van der Waals surface area contributed by atoms with Gasteiger partial charge in [0.2, 0.25) is 12.7 Å². The number of aliphatic hydroxyl groups is 1. The SMILES string of the molecule is O=C(CSc1nc(=O)n(CCCO)c2c1CCC2)NCc1ccc2c(c1)OCO2. The lowest BCUT2D eigenvalue weighted by Crippen LogP contribution is -2.28. The van der Waals surface area contributed by atoms with E-state index in [1.807, 2.05) is 18.2 Å². The third kappa shape index (κ3) is 4.40. The van der Waals surface area contributed by atoms with Crippen LogP contribution < -0.4 is 20.5 Å². The molecule has 29 heavy (non-hydrogen) atoms. The van der Waals surface area contributed by atoms with Crippen molar-refractivity contribution in [1.82, 2.24) is 14.9 Å². The van der Waals surface area contributed by atoms with Gasteiger partial charge in [-0.1, -0.05) is 17.8 Å². The Morgan fingerprint density at radius 3 is 3.00 bits per heavy atom. The largest absolute Gasteiger partial charge is 0.454 e. The van der Waals surface area contributed by atoms with Gasteiger partial charge in [0.05, 0.1) is 5.75 Å². The fourth-order valence-electron chi connectivity index (χ4n) is 3.60. The number of aliphatic hydroxyl groups excluding tert-OH is 1. The molecule has 0 radical (unpaired) electrons. The summed E-state index contributed by atoms with van der Waals surface area (Å²) in [5.41, 5.74) is 2.69. The van der Waals surface area contributed by atoms with Crippen LogP contribution in [-0.2, 0) is 30.7 Å². The van der Waals surface area contributed by atoms with Crippen molar-refractivity contribution in [3.8, 4) is 11.5 Å². The summed E-state index contributed by atoms with van der Waals surface area (Å²) in [5.74, 6) is 1.48. The van der Waals surface area contributed by atoms with Gasteiger partial charge >= 0.3 is 5.69 Å². The summed E-state index contributed by atoms with van der Waals surface area (Å²) in [7, 11) is 0. The van der Waals surface area contributed by atoms with Gasteiger partial charge in [-0.2, -0.15) is 4.98 Å². The maximum absolute atomic E-state index is 12.4. The molecule has 2 N–H and O–H groups in total. The highest BCUT2D eigenvalue weighted by Gasteiger charge is 2.22. The van der Waals surface area contributed by atoms with Gasteiger partial charge in [-0.25, -0.2) is 4.79 Å². The summed E-state index contributed by atoms with van der Waals surface area (Å²) >= 11 is 1.31. The highest BCUT2D eigenvalue weighted by atomic mass is 32.2. The lowest BCUT2D eigenvalue weighted by atomic mass is 10.2. The van der Waals surface area contributed by atoms with Crippen molar-refractivity contribution in [2.24, 2.45) is 0 Å². The Morgan fingerprint density at radius 1 is 1.28 bits per heavy atom. The standard InChI is InChI=1S/C20H23N3O5S/c24-8-2-7-23-15-4-1-3-14(15)19(22-20(23)26)29-11-18(25)21-10-13-5-6-16-17(9-13)28-12-27-16/h5-6,9,24H,1-4,7-8,10-12H2,(H,21,25). The van der Waals surface area contributed by atoms with Crippen LogP contribution in [0.25, 0.3) is 0 Å². The van der Waals surface area contributed by atoms with Crippen molar-refractivity contribution in [3.63, 3.8) is 0 Å². The first-order valence-electron chi connectivity index (χ1n) is 9.67. The number of amides is 1. The van der Waals surface area contributed by atoms with E-state index in [0.29, 0.717) is 36.0 Å². The van der Waals surface area contributed by atoms with Crippen LogP contribution in [0.15, 0.2) is 28.0 Å². The number of carbonyl (C=O) groups is 1. The molecule has 0 unspecified atom stereocenters. The second-order valence-electron chi connectivity index (χ2n) is 6.96. The number of nitrogens with one attached hydrogen (secondary N) is 1. The molecule has 1 amide bonds. The predicted octanol–water partition coefficient (Wildman–Crippen LogP) is 1.25. The lowest BCUT2D eigenvalue weighted by molar-refractivity contribution is -0.118. The number of aromatic nitrogens is 2. The number of benzene rings is 1. The van der Waals surface area contributed by atoms with Crippen molar-refractivity contribution >= 4 is 17.7 Å². The van der Waals surface area contributed by atoms with Gasteiger partial charge in [-0.05, 0) is 43.4 Å². The molecule has 0 spiro atoms. The maximum Gasteiger partial charge on any atom is 0.348 e. The van der Waals surface area contributed by atoms with E-state index < -0.39 is 0 Å². The topological polar surface area (TPSA) is 103 Å². The van der Waals surface area contributed by atoms with Gasteiger partial charge in [-0.15, -0.1) is 0 Å². The quantitative estimate of drug-likeness (QED) is 0.492. The molecule has 1 aromatic carbocycles.